The van der Waals surface area contributed by atoms with Crippen molar-refractivity contribution in [2.75, 3.05) is 5.32 Å². The molecule has 0 saturated heterocycles. The molecule has 0 bridgehead atoms. The Morgan fingerprint density at radius 1 is 1.37 bits per heavy atom. The lowest BCUT2D eigenvalue weighted by atomic mass is 10.2. The molecule has 2 rings (SSSR count). The molecule has 100 valence electrons. The van der Waals surface area contributed by atoms with Crippen LogP contribution in [0.4, 0.5) is 10.1 Å². The van der Waals surface area contributed by atoms with Crippen LogP contribution >= 0.6 is 0 Å². The van der Waals surface area contributed by atoms with E-state index in [4.69, 9.17) is 9.52 Å². The number of carbonyl (C=O) groups is 1. The van der Waals surface area contributed by atoms with Crippen molar-refractivity contribution in [1.82, 2.24) is 0 Å². The molecule has 1 atom stereocenters. The van der Waals surface area contributed by atoms with Crippen molar-refractivity contribution in [1.29, 1.82) is 0 Å². The second kappa shape index (κ2) is 5.14. The highest BCUT2D eigenvalue weighted by atomic mass is 19.1. The van der Waals surface area contributed by atoms with Crippen molar-refractivity contribution in [3.8, 4) is 0 Å². The summed E-state index contributed by atoms with van der Waals surface area (Å²) in [5.74, 6) is -0.946. The predicted octanol–water partition coefficient (Wildman–Crippen LogP) is 3.60. The Morgan fingerprint density at radius 3 is 2.68 bits per heavy atom. The molecule has 0 saturated carbocycles. The maximum absolute atomic E-state index is 13.1. The lowest BCUT2D eigenvalue weighted by Crippen LogP contribution is -2.06. The number of furan rings is 1. The van der Waals surface area contributed by atoms with E-state index in [0.29, 0.717) is 11.3 Å². The number of benzene rings is 1. The number of aryl methyl sites for hydroxylation is 1. The monoisotopic (exact) mass is 263 g/mol. The minimum atomic E-state index is -1.10. The molecule has 19 heavy (non-hydrogen) atoms. The van der Waals surface area contributed by atoms with Crippen molar-refractivity contribution in [2.45, 2.75) is 19.9 Å². The zero-order chi connectivity index (χ0) is 14.0. The van der Waals surface area contributed by atoms with Crippen LogP contribution in [-0.4, -0.2) is 11.1 Å². The summed E-state index contributed by atoms with van der Waals surface area (Å²) in [5, 5.41) is 11.9. The zero-order valence-corrected chi connectivity index (χ0v) is 10.6. The van der Waals surface area contributed by atoms with Gasteiger partial charge in [0.15, 0.2) is 0 Å². The maximum Gasteiger partial charge on any atom is 0.371 e. The van der Waals surface area contributed by atoms with Crippen LogP contribution in [0.15, 0.2) is 34.7 Å². The Kier molecular flexibility index (Phi) is 3.55. The summed E-state index contributed by atoms with van der Waals surface area (Å²) >= 11 is 0. The molecule has 0 amide bonds. The van der Waals surface area contributed by atoms with Crippen LogP contribution in [0.2, 0.25) is 0 Å². The van der Waals surface area contributed by atoms with E-state index in [1.54, 1.807) is 25.1 Å². The first-order chi connectivity index (χ1) is 8.97. The van der Waals surface area contributed by atoms with Crippen LogP contribution in [-0.2, 0) is 0 Å². The van der Waals surface area contributed by atoms with Gasteiger partial charge in [-0.2, -0.15) is 0 Å². The topological polar surface area (TPSA) is 62.5 Å². The third-order valence-electron chi connectivity index (χ3n) is 2.81. The van der Waals surface area contributed by atoms with E-state index in [-0.39, 0.29) is 17.6 Å². The molecule has 0 aliphatic carbocycles. The van der Waals surface area contributed by atoms with Gasteiger partial charge in [-0.3, -0.25) is 0 Å². The van der Waals surface area contributed by atoms with E-state index in [2.05, 4.69) is 5.32 Å². The number of halogens is 1. The highest BCUT2D eigenvalue weighted by Gasteiger charge is 2.14. The van der Waals surface area contributed by atoms with Crippen molar-refractivity contribution < 1.29 is 18.7 Å². The number of anilines is 1. The van der Waals surface area contributed by atoms with Gasteiger partial charge in [-0.05, 0) is 49.7 Å². The molecule has 0 spiro atoms. The number of nitrogens with one attached hydrogen (secondary N) is 1. The Hall–Kier alpha value is -2.30. The number of rotatable bonds is 4. The molecule has 0 aliphatic heterocycles. The fourth-order valence-corrected chi connectivity index (χ4v) is 1.76. The first-order valence-corrected chi connectivity index (χ1v) is 5.83. The lowest BCUT2D eigenvalue weighted by Gasteiger charge is -2.13. The molecule has 2 aromatic rings. The summed E-state index contributed by atoms with van der Waals surface area (Å²) in [7, 11) is 0. The summed E-state index contributed by atoms with van der Waals surface area (Å²) in [6.07, 6.45) is 0. The Labute approximate surface area is 109 Å². The second-order valence-corrected chi connectivity index (χ2v) is 4.34. The van der Waals surface area contributed by atoms with Gasteiger partial charge in [0.1, 0.15) is 11.6 Å². The van der Waals surface area contributed by atoms with Gasteiger partial charge >= 0.3 is 5.97 Å². The van der Waals surface area contributed by atoms with E-state index in [0.717, 1.165) is 5.69 Å². The Bertz CT molecular complexity index is 606. The highest BCUT2D eigenvalue weighted by molar-refractivity contribution is 5.84. The molecule has 1 aromatic heterocycles. The predicted molar refractivity (Wildman–Crippen MR) is 68.8 cm³/mol. The highest BCUT2D eigenvalue weighted by Crippen LogP contribution is 2.22. The molecule has 5 heteroatoms. The average molecular weight is 263 g/mol. The normalized spacial score (nSPS) is 12.2. The fourth-order valence-electron chi connectivity index (χ4n) is 1.76. The quantitative estimate of drug-likeness (QED) is 0.884. The fraction of sp³-hybridized carbons (Fsp3) is 0.214. The molecule has 0 fully saturated rings. The average Bonchev–Trinajstić information content (AvgIpc) is 2.83. The van der Waals surface area contributed by atoms with E-state index < -0.39 is 5.97 Å². The third-order valence-corrected chi connectivity index (χ3v) is 2.81. The largest absolute Gasteiger partial charge is 0.475 e. The summed E-state index contributed by atoms with van der Waals surface area (Å²) in [6, 6.07) is 7.50. The molecule has 1 aromatic carbocycles. The molecule has 1 unspecified atom stereocenters. The van der Waals surface area contributed by atoms with Crippen molar-refractivity contribution >= 4 is 11.7 Å². The first-order valence-electron chi connectivity index (χ1n) is 5.83. The number of aromatic carboxylic acids is 1. The van der Waals surface area contributed by atoms with Crippen molar-refractivity contribution in [2.24, 2.45) is 0 Å². The van der Waals surface area contributed by atoms with Gasteiger partial charge in [-0.25, -0.2) is 9.18 Å². The number of carboxylic acid groups (broad SMARTS) is 1. The van der Waals surface area contributed by atoms with Crippen LogP contribution in [0.5, 0.6) is 0 Å². The van der Waals surface area contributed by atoms with Gasteiger partial charge in [0.05, 0.1) is 6.04 Å². The lowest BCUT2D eigenvalue weighted by molar-refractivity contribution is 0.0660. The molecule has 1 heterocycles. The summed E-state index contributed by atoms with van der Waals surface area (Å²) < 4.78 is 18.3. The summed E-state index contributed by atoms with van der Waals surface area (Å²) in [5.41, 5.74) is 1.29. The van der Waals surface area contributed by atoms with Crippen LogP contribution in [0, 0.1) is 12.7 Å². The smallest absolute Gasteiger partial charge is 0.371 e. The first kappa shape index (κ1) is 13.1. The van der Waals surface area contributed by atoms with E-state index >= 15 is 0 Å². The molecule has 2 N–H and O–H groups in total. The van der Waals surface area contributed by atoms with E-state index in [1.165, 1.54) is 12.1 Å². The van der Waals surface area contributed by atoms with E-state index in [9.17, 15) is 9.18 Å². The molecular formula is C14H14FNO3. The SMILES string of the molecule is Cc1cc(NC(C)c2ccc(C(=O)O)o2)ccc1F. The van der Waals surface area contributed by atoms with Gasteiger partial charge in [-0.15, -0.1) is 0 Å². The standard InChI is InChI=1S/C14H14FNO3/c1-8-7-10(3-4-11(8)15)16-9(2)12-5-6-13(19-12)14(17)18/h3-7,9,16H,1-2H3,(H,17,18). The number of carboxylic acids is 1. The van der Waals surface area contributed by atoms with Crippen molar-refractivity contribution in [3.63, 3.8) is 0 Å². The molecule has 4 nitrogen and oxygen atoms in total. The summed E-state index contributed by atoms with van der Waals surface area (Å²) in [4.78, 5) is 10.7. The van der Waals surface area contributed by atoms with Gasteiger partial charge in [0.2, 0.25) is 5.76 Å². The van der Waals surface area contributed by atoms with Crippen molar-refractivity contribution in [3.05, 3.63) is 53.2 Å². The Balaban J connectivity index is 2.13. The minimum Gasteiger partial charge on any atom is -0.475 e. The molecule has 0 aliphatic rings. The Morgan fingerprint density at radius 2 is 2.11 bits per heavy atom. The second-order valence-electron chi connectivity index (χ2n) is 4.34. The zero-order valence-electron chi connectivity index (χ0n) is 10.6. The number of hydrogen-bond donors (Lipinski definition) is 2. The minimum absolute atomic E-state index is 0.0982. The van der Waals surface area contributed by atoms with Crippen LogP contribution in [0.1, 0.15) is 34.8 Å². The van der Waals surface area contributed by atoms with Gasteiger partial charge in [0, 0.05) is 5.69 Å². The maximum atomic E-state index is 13.1. The van der Waals surface area contributed by atoms with Crippen LogP contribution in [0.25, 0.3) is 0 Å². The van der Waals surface area contributed by atoms with Gasteiger partial charge in [-0.1, -0.05) is 0 Å². The van der Waals surface area contributed by atoms with Gasteiger partial charge < -0.3 is 14.8 Å². The third kappa shape index (κ3) is 2.93. The number of hydrogen-bond acceptors (Lipinski definition) is 3. The van der Waals surface area contributed by atoms with E-state index in [1.807, 2.05) is 6.92 Å². The van der Waals surface area contributed by atoms with Crippen LogP contribution in [0.3, 0.4) is 0 Å². The summed E-state index contributed by atoms with van der Waals surface area (Å²) in [6.45, 7) is 3.52. The molecular weight excluding hydrogens is 249 g/mol. The molecule has 0 radical (unpaired) electrons. The van der Waals surface area contributed by atoms with Gasteiger partial charge in [0.25, 0.3) is 0 Å². The van der Waals surface area contributed by atoms with Crippen LogP contribution < -0.4 is 5.32 Å².